The summed E-state index contributed by atoms with van der Waals surface area (Å²) in [5.41, 5.74) is 1.86. The molecule has 0 atom stereocenters. The summed E-state index contributed by atoms with van der Waals surface area (Å²) in [6, 6.07) is 14.6. The molecule has 1 aromatic carbocycles. The van der Waals surface area contributed by atoms with Crippen LogP contribution in [-0.4, -0.2) is 61.7 Å². The molecule has 0 spiro atoms. The van der Waals surface area contributed by atoms with Gasteiger partial charge >= 0.3 is 12.5 Å². The van der Waals surface area contributed by atoms with E-state index in [0.717, 1.165) is 5.82 Å². The third-order valence-electron chi connectivity index (χ3n) is 6.58. The number of nitrogens with zero attached hydrogens (tertiary/aromatic N) is 8. The zero-order valence-corrected chi connectivity index (χ0v) is 21.1. The summed E-state index contributed by atoms with van der Waals surface area (Å²) in [7, 11) is 0. The van der Waals surface area contributed by atoms with Crippen molar-refractivity contribution in [2.24, 2.45) is 0 Å². The highest BCUT2D eigenvalue weighted by atomic mass is 19.3. The summed E-state index contributed by atoms with van der Waals surface area (Å²) >= 11 is 0. The molecule has 1 fully saturated rings. The SMILES string of the molecule is O=C(N1CCN(c2ccccn2)CC1)N(Cc1cn2ccc(-c3nnc(C(F)F)o3)cc2n1)c1cccc(F)c1. The van der Waals surface area contributed by atoms with Gasteiger partial charge < -0.3 is 18.6 Å². The average Bonchev–Trinajstić information content (AvgIpc) is 3.63. The number of anilines is 2. The van der Waals surface area contributed by atoms with Gasteiger partial charge in [0.15, 0.2) is 0 Å². The molecule has 1 saturated heterocycles. The Kier molecular flexibility index (Phi) is 6.76. The van der Waals surface area contributed by atoms with Crippen LogP contribution < -0.4 is 9.80 Å². The summed E-state index contributed by atoms with van der Waals surface area (Å²) in [4.78, 5) is 28.1. The van der Waals surface area contributed by atoms with Crippen molar-refractivity contribution in [1.29, 1.82) is 0 Å². The number of hydrogen-bond acceptors (Lipinski definition) is 7. The van der Waals surface area contributed by atoms with Crippen LogP contribution in [0, 0.1) is 5.82 Å². The molecule has 40 heavy (non-hydrogen) atoms. The molecule has 0 unspecified atom stereocenters. The van der Waals surface area contributed by atoms with Gasteiger partial charge in [0.1, 0.15) is 17.3 Å². The fraction of sp³-hybridized carbons (Fsp3) is 0.222. The Hall–Kier alpha value is -4.94. The first kappa shape index (κ1) is 25.3. The third-order valence-corrected chi connectivity index (χ3v) is 6.58. The first-order valence-electron chi connectivity index (χ1n) is 12.5. The molecule has 5 aromatic rings. The molecule has 1 aliphatic rings. The summed E-state index contributed by atoms with van der Waals surface area (Å²) in [5, 5.41) is 7.05. The topological polar surface area (TPSA) is 95.9 Å². The molecule has 1 aliphatic heterocycles. The van der Waals surface area contributed by atoms with E-state index in [-0.39, 0.29) is 18.5 Å². The number of fused-ring (bicyclic) bond motifs is 1. The lowest BCUT2D eigenvalue weighted by atomic mass is 10.2. The molecule has 0 N–H and O–H groups in total. The largest absolute Gasteiger partial charge is 0.415 e. The number of benzene rings is 1. The van der Waals surface area contributed by atoms with Gasteiger partial charge in [-0.25, -0.2) is 19.2 Å². The van der Waals surface area contributed by atoms with Gasteiger partial charge in [-0.2, -0.15) is 8.78 Å². The number of piperazine rings is 1. The Labute approximate surface area is 226 Å². The Bertz CT molecular complexity index is 1630. The van der Waals surface area contributed by atoms with Crippen molar-refractivity contribution in [2.45, 2.75) is 13.0 Å². The van der Waals surface area contributed by atoms with Gasteiger partial charge in [0, 0.05) is 56.0 Å². The van der Waals surface area contributed by atoms with E-state index in [2.05, 4.69) is 25.1 Å². The molecular formula is C27H23F3N8O2. The average molecular weight is 549 g/mol. The predicted molar refractivity (Wildman–Crippen MR) is 139 cm³/mol. The van der Waals surface area contributed by atoms with Crippen LogP contribution in [0.25, 0.3) is 17.1 Å². The van der Waals surface area contributed by atoms with E-state index in [4.69, 9.17) is 4.42 Å². The molecule has 10 nitrogen and oxygen atoms in total. The maximum absolute atomic E-state index is 14.2. The van der Waals surface area contributed by atoms with Crippen LogP contribution in [0.2, 0.25) is 0 Å². The predicted octanol–water partition coefficient (Wildman–Crippen LogP) is 4.80. The normalized spacial score (nSPS) is 13.8. The minimum Gasteiger partial charge on any atom is -0.415 e. The van der Waals surface area contributed by atoms with Crippen molar-refractivity contribution in [1.82, 2.24) is 29.5 Å². The molecule has 13 heteroatoms. The Morgan fingerprint density at radius 3 is 2.60 bits per heavy atom. The Morgan fingerprint density at radius 2 is 1.88 bits per heavy atom. The second-order valence-electron chi connectivity index (χ2n) is 9.17. The second-order valence-corrected chi connectivity index (χ2v) is 9.17. The van der Waals surface area contributed by atoms with Crippen molar-refractivity contribution in [2.75, 3.05) is 36.0 Å². The molecule has 0 bridgehead atoms. The van der Waals surface area contributed by atoms with E-state index < -0.39 is 18.1 Å². The second kappa shape index (κ2) is 10.7. The van der Waals surface area contributed by atoms with Gasteiger partial charge in [0.05, 0.1) is 12.2 Å². The third kappa shape index (κ3) is 5.17. The zero-order valence-electron chi connectivity index (χ0n) is 21.1. The standard InChI is InChI=1S/C27H23F3N8O2/c28-19-4-3-5-21(15-19)38(27(39)36-12-10-35(11-13-36)22-6-1-2-8-31-22)17-20-16-37-9-7-18(14-23(37)32-20)25-33-34-26(40-25)24(29)30/h1-9,14-16,24H,10-13,17H2. The van der Waals surface area contributed by atoms with E-state index in [0.29, 0.717) is 48.8 Å². The van der Waals surface area contributed by atoms with Gasteiger partial charge in [0.25, 0.3) is 5.89 Å². The number of urea groups is 1. The highest BCUT2D eigenvalue weighted by molar-refractivity contribution is 5.92. The lowest BCUT2D eigenvalue weighted by Gasteiger charge is -2.38. The van der Waals surface area contributed by atoms with Crippen LogP contribution in [0.4, 0.5) is 29.5 Å². The molecule has 6 rings (SSSR count). The number of rotatable bonds is 6. The van der Waals surface area contributed by atoms with E-state index in [1.54, 1.807) is 52.2 Å². The summed E-state index contributed by atoms with van der Waals surface area (Å²) in [6.45, 7) is 2.25. The number of amides is 2. The fourth-order valence-corrected chi connectivity index (χ4v) is 4.60. The van der Waals surface area contributed by atoms with E-state index in [1.807, 2.05) is 18.2 Å². The molecule has 0 aliphatic carbocycles. The van der Waals surface area contributed by atoms with Crippen LogP contribution in [0.5, 0.6) is 0 Å². The van der Waals surface area contributed by atoms with Crippen molar-refractivity contribution in [3.63, 3.8) is 0 Å². The fourth-order valence-electron chi connectivity index (χ4n) is 4.60. The molecule has 204 valence electrons. The van der Waals surface area contributed by atoms with Gasteiger partial charge in [-0.05, 0) is 42.5 Å². The van der Waals surface area contributed by atoms with Crippen molar-refractivity contribution in [3.05, 3.63) is 90.6 Å². The maximum atomic E-state index is 14.2. The van der Waals surface area contributed by atoms with Crippen molar-refractivity contribution < 1.29 is 22.4 Å². The molecule has 2 amide bonds. The Morgan fingerprint density at radius 1 is 1.02 bits per heavy atom. The molecular weight excluding hydrogens is 525 g/mol. The van der Waals surface area contributed by atoms with Gasteiger partial charge in [-0.15, -0.1) is 10.2 Å². The van der Waals surface area contributed by atoms with E-state index in [9.17, 15) is 18.0 Å². The van der Waals surface area contributed by atoms with E-state index in [1.165, 1.54) is 17.0 Å². The summed E-state index contributed by atoms with van der Waals surface area (Å²) in [5.74, 6) is -0.419. The monoisotopic (exact) mass is 548 g/mol. The van der Waals surface area contributed by atoms with E-state index >= 15 is 0 Å². The number of aromatic nitrogens is 5. The zero-order chi connectivity index (χ0) is 27.6. The molecule has 4 aromatic heterocycles. The number of carbonyl (C=O) groups excluding carboxylic acids is 1. The highest BCUT2D eigenvalue weighted by Crippen LogP contribution is 2.26. The minimum atomic E-state index is -2.87. The number of pyridine rings is 2. The quantitative estimate of drug-likeness (QED) is 0.301. The summed E-state index contributed by atoms with van der Waals surface area (Å²) in [6.07, 6.45) is 2.29. The highest BCUT2D eigenvalue weighted by Gasteiger charge is 2.28. The lowest BCUT2D eigenvalue weighted by molar-refractivity contribution is 0.116. The number of alkyl halides is 2. The summed E-state index contributed by atoms with van der Waals surface area (Å²) < 4.78 is 46.7. The number of halogens is 3. The first-order valence-corrected chi connectivity index (χ1v) is 12.5. The van der Waals surface area contributed by atoms with Crippen LogP contribution in [-0.2, 0) is 6.54 Å². The van der Waals surface area contributed by atoms with Crippen molar-refractivity contribution >= 4 is 23.2 Å². The van der Waals surface area contributed by atoms with Crippen LogP contribution in [0.3, 0.4) is 0 Å². The smallest absolute Gasteiger partial charge is 0.324 e. The molecule has 5 heterocycles. The molecule has 0 radical (unpaired) electrons. The first-order chi connectivity index (χ1) is 19.4. The van der Waals surface area contributed by atoms with Crippen LogP contribution in [0.15, 0.2) is 77.6 Å². The minimum absolute atomic E-state index is 0.0521. The van der Waals surface area contributed by atoms with Gasteiger partial charge in [-0.1, -0.05) is 12.1 Å². The maximum Gasteiger partial charge on any atom is 0.324 e. The number of imidazole rings is 1. The van der Waals surface area contributed by atoms with Gasteiger partial charge in [-0.3, -0.25) is 4.90 Å². The van der Waals surface area contributed by atoms with Crippen LogP contribution in [0.1, 0.15) is 18.0 Å². The van der Waals surface area contributed by atoms with Crippen LogP contribution >= 0.6 is 0 Å². The molecule has 0 saturated carbocycles. The number of hydrogen-bond donors (Lipinski definition) is 0. The number of carbonyl (C=O) groups is 1. The lowest BCUT2D eigenvalue weighted by Crippen LogP contribution is -2.53. The van der Waals surface area contributed by atoms with Gasteiger partial charge in [0.2, 0.25) is 5.89 Å². The Balaban J connectivity index is 1.24. The van der Waals surface area contributed by atoms with Crippen molar-refractivity contribution in [3.8, 4) is 11.5 Å².